The van der Waals surface area contributed by atoms with Gasteiger partial charge in [0.25, 0.3) is 0 Å². The van der Waals surface area contributed by atoms with Crippen LogP contribution in [0.15, 0.2) is 36.4 Å². The average Bonchev–Trinajstić information content (AvgIpc) is 2.86. The third-order valence-electron chi connectivity index (χ3n) is 8.27. The molecule has 2 aliphatic rings. The van der Waals surface area contributed by atoms with Crippen LogP contribution in [0.5, 0.6) is 0 Å². The number of rotatable bonds is 9. The highest BCUT2D eigenvalue weighted by molar-refractivity contribution is 5.72. The normalized spacial score (nSPS) is 18.2. The summed E-state index contributed by atoms with van der Waals surface area (Å²) in [5, 5.41) is 0. The van der Waals surface area contributed by atoms with Gasteiger partial charge in [-0.15, -0.1) is 0 Å². The smallest absolute Gasteiger partial charge is 0.0143 e. The molecule has 2 fully saturated rings. The molecule has 2 aromatic rings. The highest BCUT2D eigenvalue weighted by Gasteiger charge is 2.30. The van der Waals surface area contributed by atoms with Gasteiger partial charge in [-0.1, -0.05) is 108 Å². The summed E-state index contributed by atoms with van der Waals surface area (Å²) in [5.41, 5.74) is 10.2. The Morgan fingerprint density at radius 1 is 0.656 bits per heavy atom. The van der Waals surface area contributed by atoms with E-state index in [1.807, 2.05) is 5.56 Å². The van der Waals surface area contributed by atoms with Crippen LogP contribution in [0.4, 0.5) is 0 Å². The first-order chi connectivity index (χ1) is 15.8. The van der Waals surface area contributed by atoms with E-state index < -0.39 is 0 Å². The van der Waals surface area contributed by atoms with Crippen LogP contribution in [-0.4, -0.2) is 0 Å². The van der Waals surface area contributed by atoms with Crippen molar-refractivity contribution in [2.75, 3.05) is 0 Å². The van der Waals surface area contributed by atoms with Crippen LogP contribution in [0.2, 0.25) is 0 Å². The summed E-state index contributed by atoms with van der Waals surface area (Å²) in [6.07, 6.45) is 22.1. The van der Waals surface area contributed by atoms with E-state index in [1.54, 1.807) is 22.3 Å². The monoisotopic (exact) mass is 430 g/mol. The van der Waals surface area contributed by atoms with Gasteiger partial charge in [0, 0.05) is 0 Å². The molecule has 4 rings (SSSR count). The zero-order chi connectivity index (χ0) is 22.2. The van der Waals surface area contributed by atoms with Crippen molar-refractivity contribution < 1.29 is 0 Å². The SMILES string of the molecule is CCCCCc1cc(-c2ccccc2)c(C2CCCCC2)c(C2CCCCC2)c1CCC. The van der Waals surface area contributed by atoms with Crippen LogP contribution >= 0.6 is 0 Å². The van der Waals surface area contributed by atoms with Crippen LogP contribution in [0.25, 0.3) is 11.1 Å². The molecule has 0 saturated heterocycles. The van der Waals surface area contributed by atoms with Crippen LogP contribution in [0.1, 0.15) is 138 Å². The Morgan fingerprint density at radius 3 is 1.88 bits per heavy atom. The summed E-state index contributed by atoms with van der Waals surface area (Å²) in [5.74, 6) is 1.58. The molecule has 0 heteroatoms. The van der Waals surface area contributed by atoms with Gasteiger partial charge in [-0.25, -0.2) is 0 Å². The van der Waals surface area contributed by atoms with Crippen LogP contribution in [-0.2, 0) is 12.8 Å². The molecule has 0 atom stereocenters. The lowest BCUT2D eigenvalue weighted by atomic mass is 9.70. The first-order valence-corrected chi connectivity index (χ1v) is 14.1. The minimum absolute atomic E-state index is 0.774. The molecule has 2 aromatic carbocycles. The van der Waals surface area contributed by atoms with Crippen LogP contribution < -0.4 is 0 Å². The molecular formula is C32H46. The van der Waals surface area contributed by atoms with Gasteiger partial charge in [-0.05, 0) is 90.2 Å². The van der Waals surface area contributed by atoms with Gasteiger partial charge in [0.2, 0.25) is 0 Å². The highest BCUT2D eigenvalue weighted by atomic mass is 14.3. The minimum Gasteiger partial charge on any atom is -0.0654 e. The Bertz CT molecular complexity index is 819. The fraction of sp³-hybridized carbons (Fsp3) is 0.625. The number of aryl methyl sites for hydroxylation is 1. The molecule has 0 spiro atoms. The predicted octanol–water partition coefficient (Wildman–Crippen LogP) is 10.1. The summed E-state index contributed by atoms with van der Waals surface area (Å²) in [7, 11) is 0. The molecule has 0 aromatic heterocycles. The van der Waals surface area contributed by atoms with Gasteiger partial charge in [0.1, 0.15) is 0 Å². The molecule has 174 valence electrons. The van der Waals surface area contributed by atoms with Crippen molar-refractivity contribution in [1.82, 2.24) is 0 Å². The van der Waals surface area contributed by atoms with Crippen molar-refractivity contribution in [1.29, 1.82) is 0 Å². The second-order valence-corrected chi connectivity index (χ2v) is 10.6. The lowest BCUT2D eigenvalue weighted by Gasteiger charge is -2.35. The first-order valence-electron chi connectivity index (χ1n) is 14.1. The summed E-state index contributed by atoms with van der Waals surface area (Å²) < 4.78 is 0. The van der Waals surface area contributed by atoms with Gasteiger partial charge in [0.15, 0.2) is 0 Å². The second kappa shape index (κ2) is 12.1. The Morgan fingerprint density at radius 2 is 1.28 bits per heavy atom. The number of hydrogen-bond acceptors (Lipinski definition) is 0. The summed E-state index contributed by atoms with van der Waals surface area (Å²) in [6, 6.07) is 14.1. The zero-order valence-corrected chi connectivity index (χ0v) is 20.9. The largest absolute Gasteiger partial charge is 0.0654 e. The van der Waals surface area contributed by atoms with E-state index in [-0.39, 0.29) is 0 Å². The molecule has 2 saturated carbocycles. The van der Waals surface area contributed by atoms with Gasteiger partial charge in [-0.3, -0.25) is 0 Å². The van der Waals surface area contributed by atoms with Gasteiger partial charge >= 0.3 is 0 Å². The standard InChI is InChI=1S/C32H46/c1-3-5-9-23-28-24-30(25-17-10-6-11-18-25)32(27-21-14-8-15-22-27)31(29(28)16-4-2)26-19-12-7-13-20-26/h6,10-11,17-18,24,26-27H,3-5,7-9,12-16,19-23H2,1-2H3. The maximum Gasteiger partial charge on any atom is -0.0143 e. The van der Waals surface area contributed by atoms with Gasteiger partial charge in [-0.2, -0.15) is 0 Å². The summed E-state index contributed by atoms with van der Waals surface area (Å²) in [6.45, 7) is 4.73. The number of benzene rings is 2. The Hall–Kier alpha value is -1.56. The third-order valence-corrected chi connectivity index (χ3v) is 8.27. The molecule has 0 bridgehead atoms. The average molecular weight is 431 g/mol. The molecule has 0 radical (unpaired) electrons. The topological polar surface area (TPSA) is 0 Å². The summed E-state index contributed by atoms with van der Waals surface area (Å²) in [4.78, 5) is 0. The maximum atomic E-state index is 2.67. The lowest BCUT2D eigenvalue weighted by Crippen LogP contribution is -2.18. The predicted molar refractivity (Wildman–Crippen MR) is 141 cm³/mol. The van der Waals surface area contributed by atoms with E-state index in [0.717, 1.165) is 11.8 Å². The van der Waals surface area contributed by atoms with E-state index in [2.05, 4.69) is 50.2 Å². The second-order valence-electron chi connectivity index (χ2n) is 10.6. The number of hydrogen-bond donors (Lipinski definition) is 0. The quantitative estimate of drug-likeness (QED) is 0.347. The van der Waals surface area contributed by atoms with Gasteiger partial charge < -0.3 is 0 Å². The Kier molecular flexibility index (Phi) is 8.89. The minimum atomic E-state index is 0.774. The zero-order valence-electron chi connectivity index (χ0n) is 20.9. The van der Waals surface area contributed by atoms with Crippen LogP contribution in [0.3, 0.4) is 0 Å². The first kappa shape index (κ1) is 23.6. The Labute approximate surface area is 198 Å². The van der Waals surface area contributed by atoms with Crippen molar-refractivity contribution in [2.45, 2.75) is 128 Å². The molecule has 0 heterocycles. The van der Waals surface area contributed by atoms with E-state index in [0.29, 0.717) is 0 Å². The Balaban J connectivity index is 1.92. The lowest BCUT2D eigenvalue weighted by molar-refractivity contribution is 0.417. The van der Waals surface area contributed by atoms with Crippen molar-refractivity contribution >= 4 is 0 Å². The summed E-state index contributed by atoms with van der Waals surface area (Å²) >= 11 is 0. The molecule has 32 heavy (non-hydrogen) atoms. The molecule has 0 N–H and O–H groups in total. The highest BCUT2D eigenvalue weighted by Crippen LogP contribution is 2.48. The van der Waals surface area contributed by atoms with Crippen molar-refractivity contribution in [3.63, 3.8) is 0 Å². The van der Waals surface area contributed by atoms with E-state index in [9.17, 15) is 0 Å². The molecule has 0 aliphatic heterocycles. The van der Waals surface area contributed by atoms with Crippen molar-refractivity contribution in [3.8, 4) is 11.1 Å². The van der Waals surface area contributed by atoms with Crippen molar-refractivity contribution in [2.24, 2.45) is 0 Å². The molecule has 2 aliphatic carbocycles. The third kappa shape index (κ3) is 5.49. The van der Waals surface area contributed by atoms with E-state index in [4.69, 9.17) is 0 Å². The van der Waals surface area contributed by atoms with Crippen LogP contribution in [0, 0.1) is 0 Å². The fourth-order valence-electron chi connectivity index (χ4n) is 6.70. The van der Waals surface area contributed by atoms with E-state index in [1.165, 1.54) is 108 Å². The van der Waals surface area contributed by atoms with Gasteiger partial charge in [0.05, 0.1) is 0 Å². The molecule has 0 unspecified atom stereocenters. The number of unbranched alkanes of at least 4 members (excludes halogenated alkanes) is 2. The molecular weight excluding hydrogens is 384 g/mol. The fourth-order valence-corrected chi connectivity index (χ4v) is 6.70. The molecule has 0 nitrogen and oxygen atoms in total. The van der Waals surface area contributed by atoms with Crippen molar-refractivity contribution in [3.05, 3.63) is 58.7 Å². The maximum absolute atomic E-state index is 2.67. The molecule has 0 amide bonds. The van der Waals surface area contributed by atoms with E-state index >= 15 is 0 Å².